The lowest BCUT2D eigenvalue weighted by atomic mass is 9.87. The first kappa shape index (κ1) is 32.5. The Balaban J connectivity index is 1.64. The van der Waals surface area contributed by atoms with E-state index in [1.165, 1.54) is 0 Å². The molecular formula is C34H46FN3O2S. The fourth-order valence-corrected chi connectivity index (χ4v) is 6.30. The van der Waals surface area contributed by atoms with Crippen LogP contribution in [0.15, 0.2) is 54.2 Å². The molecule has 41 heavy (non-hydrogen) atoms. The van der Waals surface area contributed by atoms with E-state index in [-0.39, 0.29) is 41.3 Å². The molecule has 222 valence electrons. The molecule has 0 bridgehead atoms. The molecule has 0 spiro atoms. The highest BCUT2D eigenvalue weighted by Gasteiger charge is 2.51. The maximum atomic E-state index is 15.0. The molecule has 4 atom stereocenters. The first-order valence-corrected chi connectivity index (χ1v) is 15.3. The van der Waals surface area contributed by atoms with Crippen LogP contribution in [0.25, 0.3) is 0 Å². The molecule has 1 aliphatic heterocycles. The molecule has 0 N–H and O–H groups in total. The Morgan fingerprint density at radius 2 is 2.05 bits per heavy atom. The molecule has 1 aromatic carbocycles. The van der Waals surface area contributed by atoms with E-state index in [1.54, 1.807) is 17.0 Å². The number of halogens is 1. The van der Waals surface area contributed by atoms with Crippen LogP contribution in [0.5, 0.6) is 5.75 Å². The first-order chi connectivity index (χ1) is 19.3. The van der Waals surface area contributed by atoms with Crippen LogP contribution in [0, 0.1) is 34.9 Å². The summed E-state index contributed by atoms with van der Waals surface area (Å²) in [6.07, 6.45) is 9.05. The number of nitriles is 1. The van der Waals surface area contributed by atoms with Crippen molar-refractivity contribution >= 4 is 23.2 Å². The van der Waals surface area contributed by atoms with Crippen molar-refractivity contribution in [2.75, 3.05) is 13.2 Å². The maximum Gasteiger partial charge on any atom is 0.254 e. The molecule has 1 amide bonds. The number of carbonyl (C=O) groups excluding carboxylic acids is 1. The van der Waals surface area contributed by atoms with Crippen LogP contribution in [0.3, 0.4) is 0 Å². The molecule has 5 nitrogen and oxygen atoms in total. The van der Waals surface area contributed by atoms with E-state index in [1.807, 2.05) is 43.9 Å². The summed E-state index contributed by atoms with van der Waals surface area (Å²) in [6, 6.07) is 7.45. The molecule has 0 saturated carbocycles. The number of hydrogen-bond donors (Lipinski definition) is 0. The Labute approximate surface area is 251 Å². The largest absolute Gasteiger partial charge is 0.490 e. The van der Waals surface area contributed by atoms with Crippen LogP contribution in [-0.2, 0) is 4.79 Å². The van der Waals surface area contributed by atoms with Gasteiger partial charge in [0.1, 0.15) is 5.54 Å². The van der Waals surface area contributed by atoms with E-state index in [9.17, 15) is 10.1 Å². The second-order valence-electron chi connectivity index (χ2n) is 12.4. The number of carbonyl (C=O) groups is 1. The maximum absolute atomic E-state index is 15.0. The van der Waals surface area contributed by atoms with Gasteiger partial charge in [-0.3, -0.25) is 9.69 Å². The number of thiocarbonyl (C=S) groups is 1. The van der Waals surface area contributed by atoms with Crippen molar-refractivity contribution in [3.05, 3.63) is 65.5 Å². The van der Waals surface area contributed by atoms with Gasteiger partial charge >= 0.3 is 0 Å². The van der Waals surface area contributed by atoms with Gasteiger partial charge in [-0.1, -0.05) is 71.1 Å². The van der Waals surface area contributed by atoms with Gasteiger partial charge in [0.2, 0.25) is 0 Å². The number of ether oxygens (including phenoxy) is 1. The van der Waals surface area contributed by atoms with E-state index in [0.29, 0.717) is 37.0 Å². The Hall–Kier alpha value is -2.98. The van der Waals surface area contributed by atoms with Crippen molar-refractivity contribution in [3.63, 3.8) is 0 Å². The number of amides is 1. The number of benzene rings is 1. The molecule has 1 saturated heterocycles. The predicted molar refractivity (Wildman–Crippen MR) is 168 cm³/mol. The van der Waals surface area contributed by atoms with Gasteiger partial charge < -0.3 is 9.64 Å². The zero-order valence-corrected chi connectivity index (χ0v) is 26.6. The van der Waals surface area contributed by atoms with Crippen molar-refractivity contribution < 1.29 is 13.9 Å². The molecule has 1 fully saturated rings. The summed E-state index contributed by atoms with van der Waals surface area (Å²) in [6.45, 7) is 19.1. The molecule has 4 unspecified atom stereocenters. The van der Waals surface area contributed by atoms with Crippen LogP contribution in [0.4, 0.5) is 4.39 Å². The molecule has 3 rings (SSSR count). The molecule has 0 aromatic heterocycles. The molecule has 1 aliphatic carbocycles. The smallest absolute Gasteiger partial charge is 0.254 e. The average Bonchev–Trinajstić information content (AvgIpc) is 3.00. The summed E-state index contributed by atoms with van der Waals surface area (Å²) in [5.41, 5.74) is 1.95. The summed E-state index contributed by atoms with van der Waals surface area (Å²) in [5.74, 6) is 0.489. The van der Waals surface area contributed by atoms with Crippen LogP contribution in [0.2, 0.25) is 0 Å². The normalized spacial score (nSPS) is 23.5. The van der Waals surface area contributed by atoms with Crippen molar-refractivity contribution in [3.8, 4) is 11.8 Å². The fourth-order valence-electron chi connectivity index (χ4n) is 5.76. The Bertz CT molecular complexity index is 1240. The highest BCUT2D eigenvalue weighted by atomic mass is 32.1. The minimum absolute atomic E-state index is 0.00854. The van der Waals surface area contributed by atoms with Gasteiger partial charge in [-0.25, -0.2) is 4.39 Å². The summed E-state index contributed by atoms with van der Waals surface area (Å²) >= 11 is 5.87. The van der Waals surface area contributed by atoms with E-state index >= 15 is 4.39 Å². The van der Waals surface area contributed by atoms with E-state index in [0.717, 1.165) is 29.6 Å². The summed E-state index contributed by atoms with van der Waals surface area (Å²) in [4.78, 5) is 17.4. The second kappa shape index (κ2) is 13.8. The lowest BCUT2D eigenvalue weighted by molar-refractivity contribution is -0.134. The van der Waals surface area contributed by atoms with Gasteiger partial charge in [-0.15, -0.1) is 0 Å². The van der Waals surface area contributed by atoms with Crippen LogP contribution >= 0.6 is 12.2 Å². The molecular weight excluding hydrogens is 533 g/mol. The van der Waals surface area contributed by atoms with Gasteiger partial charge in [0, 0.05) is 24.1 Å². The lowest BCUT2D eigenvalue weighted by Gasteiger charge is -2.33. The van der Waals surface area contributed by atoms with Crippen molar-refractivity contribution in [1.29, 1.82) is 5.26 Å². The number of nitrogens with zero attached hydrogens (tertiary/aromatic N) is 3. The van der Waals surface area contributed by atoms with E-state index < -0.39 is 5.54 Å². The third-order valence-electron chi connectivity index (χ3n) is 8.64. The summed E-state index contributed by atoms with van der Waals surface area (Å²) in [7, 11) is 0. The minimum Gasteiger partial charge on any atom is -0.490 e. The van der Waals surface area contributed by atoms with Crippen molar-refractivity contribution in [1.82, 2.24) is 9.80 Å². The second-order valence-corrected chi connectivity index (χ2v) is 12.8. The van der Waals surface area contributed by atoms with Crippen LogP contribution in [-0.4, -0.2) is 45.6 Å². The van der Waals surface area contributed by atoms with Crippen LogP contribution in [0.1, 0.15) is 85.6 Å². The molecule has 7 heteroatoms. The van der Waals surface area contributed by atoms with Gasteiger partial charge in [0.25, 0.3) is 5.91 Å². The van der Waals surface area contributed by atoms with Gasteiger partial charge in [0.15, 0.2) is 16.7 Å². The quantitative estimate of drug-likeness (QED) is 0.151. The van der Waals surface area contributed by atoms with E-state index in [4.69, 9.17) is 17.0 Å². The van der Waals surface area contributed by atoms with Gasteiger partial charge in [-0.2, -0.15) is 5.26 Å². The standard InChI is InChI=1S/C34H46FN3O2S/c1-9-23(4)11-15-28(22(2)3)26-14-16-31(29(35)20-26)40-18-10-17-37-33(41)38(32(39)34(37,7)8)30-19-25(6)27(21-36)13-12-24(30)5/h11,13-16,20,22,24-25,28,30H,4,9-10,12,17-19H2,1-3,5-8H3. The number of allylic oxidation sites excluding steroid dienone is 5. The highest BCUT2D eigenvalue weighted by molar-refractivity contribution is 7.80. The average molecular weight is 580 g/mol. The third-order valence-corrected chi connectivity index (χ3v) is 9.06. The fraction of sp³-hybridized carbons (Fsp3) is 0.559. The zero-order chi connectivity index (χ0) is 30.5. The molecule has 1 aromatic rings. The first-order valence-electron chi connectivity index (χ1n) is 14.9. The lowest BCUT2D eigenvalue weighted by Crippen LogP contribution is -2.46. The Morgan fingerprint density at radius 1 is 1.34 bits per heavy atom. The number of rotatable bonds is 11. The molecule has 1 heterocycles. The monoisotopic (exact) mass is 579 g/mol. The predicted octanol–water partition coefficient (Wildman–Crippen LogP) is 7.95. The molecule has 2 aliphatic rings. The van der Waals surface area contributed by atoms with Gasteiger partial charge in [0.05, 0.1) is 12.7 Å². The number of hydrogen-bond acceptors (Lipinski definition) is 4. The zero-order valence-electron chi connectivity index (χ0n) is 25.7. The Kier molecular flexibility index (Phi) is 10.9. The van der Waals surface area contributed by atoms with Crippen LogP contribution < -0.4 is 4.74 Å². The Morgan fingerprint density at radius 3 is 2.66 bits per heavy atom. The summed E-state index contributed by atoms with van der Waals surface area (Å²) in [5, 5.41) is 10.0. The topological polar surface area (TPSA) is 56.6 Å². The molecule has 0 radical (unpaired) electrons. The van der Waals surface area contributed by atoms with E-state index in [2.05, 4.69) is 46.4 Å². The van der Waals surface area contributed by atoms with Crippen molar-refractivity contribution in [2.45, 2.75) is 91.6 Å². The van der Waals surface area contributed by atoms with Crippen molar-refractivity contribution in [2.24, 2.45) is 17.8 Å². The highest BCUT2D eigenvalue weighted by Crippen LogP contribution is 2.37. The summed E-state index contributed by atoms with van der Waals surface area (Å²) < 4.78 is 20.9. The third kappa shape index (κ3) is 7.27. The SMILES string of the molecule is C=C(C=CC(c1ccc(OCCCN2C(=S)N(C3CC(C)C(C#N)=CCC3C)C(=O)C2(C)C)c(F)c1)C(C)C)CC. The van der Waals surface area contributed by atoms with Gasteiger partial charge in [-0.05, 0) is 87.2 Å². The minimum atomic E-state index is -0.785.